The molecule has 0 radical (unpaired) electrons. The Morgan fingerprint density at radius 2 is 2.12 bits per heavy atom. The number of nitrogens with zero attached hydrogens (tertiary/aromatic N) is 2. The molecule has 0 saturated carbocycles. The average molecular weight is 219 g/mol. The average Bonchev–Trinajstić information content (AvgIpc) is 2.54. The molecular weight excluding hydrogens is 206 g/mol. The number of imidazole rings is 1. The maximum atomic E-state index is 11.4. The first-order valence-electron chi connectivity index (χ1n) is 4.88. The number of methoxy groups -OCH3 is 1. The van der Waals surface area contributed by atoms with Crippen molar-refractivity contribution in [2.75, 3.05) is 12.8 Å². The van der Waals surface area contributed by atoms with Gasteiger partial charge in [-0.2, -0.15) is 0 Å². The van der Waals surface area contributed by atoms with Gasteiger partial charge < -0.3 is 10.5 Å². The molecule has 2 rings (SSSR count). The number of hydrogen-bond donors (Lipinski definition) is 1. The van der Waals surface area contributed by atoms with Crippen molar-refractivity contribution in [1.29, 1.82) is 0 Å². The zero-order valence-corrected chi connectivity index (χ0v) is 9.44. The second kappa shape index (κ2) is 3.52. The van der Waals surface area contributed by atoms with Crippen molar-refractivity contribution in [2.24, 2.45) is 0 Å². The van der Waals surface area contributed by atoms with Crippen LogP contribution in [0.4, 0.5) is 5.82 Å². The Bertz CT molecular complexity index is 572. The SMILES string of the molecule is COC(=O)c1cc(N)n2c(C)c(C)nc2c1. The van der Waals surface area contributed by atoms with E-state index in [-0.39, 0.29) is 0 Å². The number of nitrogen functional groups attached to an aromatic ring is 1. The van der Waals surface area contributed by atoms with Gasteiger partial charge in [0.25, 0.3) is 0 Å². The quantitative estimate of drug-likeness (QED) is 0.734. The zero-order valence-electron chi connectivity index (χ0n) is 9.44. The van der Waals surface area contributed by atoms with E-state index in [1.54, 1.807) is 12.1 Å². The van der Waals surface area contributed by atoms with Crippen molar-refractivity contribution >= 4 is 17.4 Å². The maximum Gasteiger partial charge on any atom is 0.338 e. The van der Waals surface area contributed by atoms with Crippen molar-refractivity contribution in [3.8, 4) is 0 Å². The summed E-state index contributed by atoms with van der Waals surface area (Å²) in [5, 5.41) is 0. The standard InChI is InChI=1S/C11H13N3O2/c1-6-7(2)14-9(12)4-8(11(15)16-3)5-10(14)13-6/h4-5H,12H2,1-3H3. The molecular formula is C11H13N3O2. The normalized spacial score (nSPS) is 10.7. The lowest BCUT2D eigenvalue weighted by Gasteiger charge is -2.05. The molecule has 0 spiro atoms. The molecule has 0 fully saturated rings. The number of pyridine rings is 1. The number of aryl methyl sites for hydroxylation is 2. The summed E-state index contributed by atoms with van der Waals surface area (Å²) in [5.41, 5.74) is 8.83. The Labute approximate surface area is 92.8 Å². The molecule has 16 heavy (non-hydrogen) atoms. The number of aromatic nitrogens is 2. The highest BCUT2D eigenvalue weighted by Gasteiger charge is 2.12. The highest BCUT2D eigenvalue weighted by Crippen LogP contribution is 2.18. The minimum absolute atomic E-state index is 0.410. The Morgan fingerprint density at radius 3 is 2.75 bits per heavy atom. The summed E-state index contributed by atoms with van der Waals surface area (Å²) in [7, 11) is 1.34. The van der Waals surface area contributed by atoms with Gasteiger partial charge in [0.05, 0.1) is 18.4 Å². The van der Waals surface area contributed by atoms with Gasteiger partial charge in [0.15, 0.2) is 0 Å². The van der Waals surface area contributed by atoms with Crippen LogP contribution in [0.3, 0.4) is 0 Å². The third-order valence-corrected chi connectivity index (χ3v) is 2.64. The summed E-state index contributed by atoms with van der Waals surface area (Å²) in [5.74, 6) is 0.0727. The van der Waals surface area contributed by atoms with Crippen LogP contribution in [0.2, 0.25) is 0 Å². The third kappa shape index (κ3) is 1.41. The molecule has 5 heteroatoms. The van der Waals surface area contributed by atoms with Crippen LogP contribution in [0.5, 0.6) is 0 Å². The van der Waals surface area contributed by atoms with Crippen LogP contribution in [0.25, 0.3) is 5.65 Å². The maximum absolute atomic E-state index is 11.4. The van der Waals surface area contributed by atoms with Gasteiger partial charge in [-0.25, -0.2) is 9.78 Å². The molecule has 0 bridgehead atoms. The Balaban J connectivity index is 2.73. The lowest BCUT2D eigenvalue weighted by molar-refractivity contribution is 0.0601. The predicted molar refractivity (Wildman–Crippen MR) is 60.4 cm³/mol. The summed E-state index contributed by atoms with van der Waals surface area (Å²) in [4.78, 5) is 15.7. The first-order chi connectivity index (χ1) is 7.54. The van der Waals surface area contributed by atoms with Gasteiger partial charge in [-0.3, -0.25) is 4.40 Å². The number of anilines is 1. The second-order valence-electron chi connectivity index (χ2n) is 3.64. The molecule has 0 atom stereocenters. The van der Waals surface area contributed by atoms with Crippen molar-refractivity contribution in [1.82, 2.24) is 9.38 Å². The van der Waals surface area contributed by atoms with E-state index >= 15 is 0 Å². The number of rotatable bonds is 1. The molecule has 0 amide bonds. The molecule has 0 aromatic carbocycles. The van der Waals surface area contributed by atoms with E-state index in [0.29, 0.717) is 17.0 Å². The number of carbonyl (C=O) groups excluding carboxylic acids is 1. The van der Waals surface area contributed by atoms with Crippen LogP contribution >= 0.6 is 0 Å². The van der Waals surface area contributed by atoms with E-state index in [9.17, 15) is 4.79 Å². The number of esters is 1. The molecule has 0 aliphatic rings. The topological polar surface area (TPSA) is 69.6 Å². The molecule has 5 nitrogen and oxygen atoms in total. The van der Waals surface area contributed by atoms with Gasteiger partial charge in [0.1, 0.15) is 11.5 Å². The molecule has 0 aliphatic carbocycles. The Morgan fingerprint density at radius 1 is 1.44 bits per heavy atom. The van der Waals surface area contributed by atoms with E-state index in [0.717, 1.165) is 11.4 Å². The largest absolute Gasteiger partial charge is 0.465 e. The third-order valence-electron chi connectivity index (χ3n) is 2.64. The summed E-state index contributed by atoms with van der Waals surface area (Å²) in [6.45, 7) is 3.84. The number of hydrogen-bond acceptors (Lipinski definition) is 4. The summed E-state index contributed by atoms with van der Waals surface area (Å²) in [6.07, 6.45) is 0. The first-order valence-corrected chi connectivity index (χ1v) is 4.88. The Hall–Kier alpha value is -2.04. The molecule has 0 aliphatic heterocycles. The lowest BCUT2D eigenvalue weighted by atomic mass is 10.2. The monoisotopic (exact) mass is 219 g/mol. The van der Waals surface area contributed by atoms with Crippen LogP contribution in [0.1, 0.15) is 21.7 Å². The lowest BCUT2D eigenvalue weighted by Crippen LogP contribution is -2.06. The van der Waals surface area contributed by atoms with Gasteiger partial charge in [-0.1, -0.05) is 0 Å². The van der Waals surface area contributed by atoms with Crippen LogP contribution in [-0.4, -0.2) is 22.5 Å². The van der Waals surface area contributed by atoms with Crippen LogP contribution < -0.4 is 5.73 Å². The fourth-order valence-electron chi connectivity index (χ4n) is 1.70. The molecule has 0 unspecified atom stereocenters. The summed E-state index contributed by atoms with van der Waals surface area (Å²) in [6, 6.07) is 3.26. The first kappa shape index (κ1) is 10.5. The van der Waals surface area contributed by atoms with Crippen molar-refractivity contribution < 1.29 is 9.53 Å². The van der Waals surface area contributed by atoms with Crippen molar-refractivity contribution in [2.45, 2.75) is 13.8 Å². The fourth-order valence-corrected chi connectivity index (χ4v) is 1.70. The van der Waals surface area contributed by atoms with E-state index in [4.69, 9.17) is 5.73 Å². The van der Waals surface area contributed by atoms with Crippen molar-refractivity contribution in [3.63, 3.8) is 0 Å². The van der Waals surface area contributed by atoms with E-state index < -0.39 is 5.97 Å². The van der Waals surface area contributed by atoms with Crippen LogP contribution in [-0.2, 0) is 4.74 Å². The van der Waals surface area contributed by atoms with E-state index in [1.165, 1.54) is 7.11 Å². The number of carbonyl (C=O) groups is 1. The summed E-state index contributed by atoms with van der Waals surface area (Å²) < 4.78 is 6.45. The number of ether oxygens (including phenoxy) is 1. The highest BCUT2D eigenvalue weighted by atomic mass is 16.5. The molecule has 0 saturated heterocycles. The summed E-state index contributed by atoms with van der Waals surface area (Å²) >= 11 is 0. The Kier molecular flexibility index (Phi) is 2.30. The van der Waals surface area contributed by atoms with Crippen LogP contribution in [0, 0.1) is 13.8 Å². The van der Waals surface area contributed by atoms with Gasteiger partial charge in [-0.15, -0.1) is 0 Å². The van der Waals surface area contributed by atoms with E-state index in [2.05, 4.69) is 9.72 Å². The van der Waals surface area contributed by atoms with Crippen molar-refractivity contribution in [3.05, 3.63) is 29.1 Å². The molecule has 2 N–H and O–H groups in total. The second-order valence-corrected chi connectivity index (χ2v) is 3.64. The van der Waals surface area contributed by atoms with Gasteiger partial charge in [-0.05, 0) is 26.0 Å². The molecule has 2 aromatic heterocycles. The number of fused-ring (bicyclic) bond motifs is 1. The molecule has 84 valence electrons. The molecule has 2 heterocycles. The smallest absolute Gasteiger partial charge is 0.338 e. The van der Waals surface area contributed by atoms with Gasteiger partial charge in [0, 0.05) is 5.69 Å². The predicted octanol–water partition coefficient (Wildman–Crippen LogP) is 1.32. The molecule has 2 aromatic rings. The minimum atomic E-state index is -0.410. The highest BCUT2D eigenvalue weighted by molar-refractivity contribution is 5.91. The van der Waals surface area contributed by atoms with E-state index in [1.807, 2.05) is 18.2 Å². The van der Waals surface area contributed by atoms with Crippen LogP contribution in [0.15, 0.2) is 12.1 Å². The minimum Gasteiger partial charge on any atom is -0.465 e. The fraction of sp³-hybridized carbons (Fsp3) is 0.273. The number of nitrogens with two attached hydrogens (primary N) is 1. The zero-order chi connectivity index (χ0) is 11.9. The van der Waals surface area contributed by atoms with Gasteiger partial charge >= 0.3 is 5.97 Å². The van der Waals surface area contributed by atoms with Gasteiger partial charge in [0.2, 0.25) is 0 Å².